The summed E-state index contributed by atoms with van der Waals surface area (Å²) in [5.41, 5.74) is 1.97. The summed E-state index contributed by atoms with van der Waals surface area (Å²) >= 11 is 0. The van der Waals surface area contributed by atoms with Crippen LogP contribution in [0.2, 0.25) is 0 Å². The molecule has 0 saturated carbocycles. The highest BCUT2D eigenvalue weighted by atomic mass is 16.4. The van der Waals surface area contributed by atoms with E-state index in [0.29, 0.717) is 29.7 Å². The van der Waals surface area contributed by atoms with E-state index in [1.807, 2.05) is 30.3 Å². The smallest absolute Gasteiger partial charge is 0.287 e. The number of ketones is 1. The van der Waals surface area contributed by atoms with Crippen molar-refractivity contribution in [3.63, 3.8) is 0 Å². The number of nitrogens with one attached hydrogen (secondary N) is 1. The first kappa shape index (κ1) is 18.9. The Labute approximate surface area is 158 Å². The fourth-order valence-corrected chi connectivity index (χ4v) is 3.38. The van der Waals surface area contributed by atoms with Crippen LogP contribution < -0.4 is 5.32 Å². The van der Waals surface area contributed by atoms with Crippen LogP contribution in [0.4, 0.5) is 0 Å². The molecule has 1 unspecified atom stereocenters. The number of aryl methyl sites for hydroxylation is 1. The van der Waals surface area contributed by atoms with Crippen molar-refractivity contribution in [2.45, 2.75) is 38.6 Å². The Morgan fingerprint density at radius 1 is 1.19 bits per heavy atom. The maximum Gasteiger partial charge on any atom is 0.287 e. The first-order valence-corrected chi connectivity index (χ1v) is 9.10. The predicted octanol–water partition coefficient (Wildman–Crippen LogP) is 3.06. The third-order valence-corrected chi connectivity index (χ3v) is 4.90. The minimum absolute atomic E-state index is 0.0268. The Hall–Kier alpha value is -2.89. The topological polar surface area (TPSA) is 79.6 Å². The second kappa shape index (κ2) is 7.78. The van der Waals surface area contributed by atoms with Crippen LogP contribution in [-0.4, -0.2) is 36.6 Å². The third kappa shape index (κ3) is 3.94. The summed E-state index contributed by atoms with van der Waals surface area (Å²) < 4.78 is 5.73. The van der Waals surface area contributed by atoms with E-state index in [2.05, 4.69) is 5.32 Å². The van der Waals surface area contributed by atoms with E-state index in [9.17, 15) is 14.4 Å². The summed E-state index contributed by atoms with van der Waals surface area (Å²) in [5, 5.41) is 2.91. The van der Waals surface area contributed by atoms with Crippen LogP contribution in [0.3, 0.4) is 0 Å². The lowest BCUT2D eigenvalue weighted by Crippen LogP contribution is -2.33. The first-order valence-electron chi connectivity index (χ1n) is 9.10. The summed E-state index contributed by atoms with van der Waals surface area (Å²) in [6, 6.07) is 8.88. The zero-order valence-corrected chi connectivity index (χ0v) is 15.9. The van der Waals surface area contributed by atoms with Crippen LogP contribution >= 0.6 is 0 Å². The van der Waals surface area contributed by atoms with Gasteiger partial charge in [-0.25, -0.2) is 0 Å². The number of carbonyl (C=O) groups is 3. The molecule has 0 fully saturated rings. The fraction of sp³-hybridized carbons (Fsp3) is 0.381. The van der Waals surface area contributed by atoms with E-state index in [-0.39, 0.29) is 23.9 Å². The Balaban J connectivity index is 1.87. The molecular formula is C21H24N2O4. The number of hydrogen-bond acceptors (Lipinski definition) is 4. The van der Waals surface area contributed by atoms with Gasteiger partial charge in [0.25, 0.3) is 5.91 Å². The van der Waals surface area contributed by atoms with Gasteiger partial charge in [-0.3, -0.25) is 14.4 Å². The Kier molecular flexibility index (Phi) is 5.44. The SMILES string of the molecule is Cc1c(C(=O)NC(CC(=O)N(C)C)c2ccccc2)oc2c1C(=O)CCC2. The predicted molar refractivity (Wildman–Crippen MR) is 101 cm³/mol. The minimum Gasteiger partial charge on any atom is -0.455 e. The zero-order chi connectivity index (χ0) is 19.6. The molecule has 0 saturated heterocycles. The monoisotopic (exact) mass is 368 g/mol. The van der Waals surface area contributed by atoms with Gasteiger partial charge >= 0.3 is 0 Å². The standard InChI is InChI=1S/C21H24N2O4/c1-13-19-16(24)10-7-11-17(19)27-20(13)21(26)22-15(12-18(25)23(2)3)14-8-5-4-6-9-14/h4-6,8-9,15H,7,10-12H2,1-3H3,(H,22,26). The lowest BCUT2D eigenvalue weighted by atomic mass is 9.94. The molecule has 1 aromatic carbocycles. The van der Waals surface area contributed by atoms with Crippen molar-refractivity contribution in [3.8, 4) is 0 Å². The van der Waals surface area contributed by atoms with Crippen LogP contribution in [0, 0.1) is 6.92 Å². The average Bonchev–Trinajstić information content (AvgIpc) is 2.99. The normalized spacial score (nSPS) is 14.4. The fourth-order valence-electron chi connectivity index (χ4n) is 3.38. The van der Waals surface area contributed by atoms with Gasteiger partial charge in [-0.2, -0.15) is 0 Å². The van der Waals surface area contributed by atoms with Gasteiger partial charge in [-0.1, -0.05) is 30.3 Å². The molecule has 2 aromatic rings. The lowest BCUT2D eigenvalue weighted by Gasteiger charge is -2.20. The minimum atomic E-state index is -0.481. The van der Waals surface area contributed by atoms with E-state index >= 15 is 0 Å². The molecule has 1 aliphatic rings. The molecule has 1 aliphatic carbocycles. The van der Waals surface area contributed by atoms with Crippen LogP contribution in [0.25, 0.3) is 0 Å². The number of rotatable bonds is 5. The largest absolute Gasteiger partial charge is 0.455 e. The molecule has 1 aromatic heterocycles. The average molecular weight is 368 g/mol. The van der Waals surface area contributed by atoms with E-state index < -0.39 is 11.9 Å². The van der Waals surface area contributed by atoms with Crippen LogP contribution in [0.15, 0.2) is 34.7 Å². The molecule has 142 valence electrons. The molecule has 0 aliphatic heterocycles. The molecule has 0 bridgehead atoms. The summed E-state index contributed by atoms with van der Waals surface area (Å²) in [4.78, 5) is 38.8. The number of hydrogen-bond donors (Lipinski definition) is 1. The summed E-state index contributed by atoms with van der Waals surface area (Å²) in [7, 11) is 3.37. The number of Topliss-reactive ketones (excluding diaryl/α,β-unsaturated/α-hetero) is 1. The van der Waals surface area contributed by atoms with E-state index in [4.69, 9.17) is 4.42 Å². The molecule has 1 atom stereocenters. The van der Waals surface area contributed by atoms with Crippen LogP contribution in [0.1, 0.15) is 63.1 Å². The summed E-state index contributed by atoms with van der Waals surface area (Å²) in [5.74, 6) is 0.284. The van der Waals surface area contributed by atoms with Gasteiger partial charge in [0, 0.05) is 32.5 Å². The number of furan rings is 1. The van der Waals surface area contributed by atoms with E-state index in [1.54, 1.807) is 21.0 Å². The van der Waals surface area contributed by atoms with E-state index in [1.165, 1.54) is 4.90 Å². The zero-order valence-electron chi connectivity index (χ0n) is 15.9. The second-order valence-corrected chi connectivity index (χ2v) is 7.06. The Bertz CT molecular complexity index is 868. The lowest BCUT2D eigenvalue weighted by molar-refractivity contribution is -0.129. The quantitative estimate of drug-likeness (QED) is 0.880. The van der Waals surface area contributed by atoms with Gasteiger partial charge in [-0.15, -0.1) is 0 Å². The van der Waals surface area contributed by atoms with Crippen molar-refractivity contribution < 1.29 is 18.8 Å². The van der Waals surface area contributed by atoms with Crippen LogP contribution in [0.5, 0.6) is 0 Å². The van der Waals surface area contributed by atoms with Crippen LogP contribution in [-0.2, 0) is 11.2 Å². The molecule has 27 heavy (non-hydrogen) atoms. The summed E-state index contributed by atoms with van der Waals surface area (Å²) in [6.45, 7) is 1.74. The van der Waals surface area contributed by atoms with Crippen molar-refractivity contribution >= 4 is 17.6 Å². The maximum atomic E-state index is 12.9. The van der Waals surface area contributed by atoms with Gasteiger partial charge in [0.1, 0.15) is 5.76 Å². The number of nitrogens with zero attached hydrogens (tertiary/aromatic N) is 1. The van der Waals surface area contributed by atoms with Gasteiger partial charge in [-0.05, 0) is 18.9 Å². The van der Waals surface area contributed by atoms with Crippen molar-refractivity contribution in [1.29, 1.82) is 0 Å². The molecule has 3 rings (SSSR count). The Morgan fingerprint density at radius 2 is 1.89 bits per heavy atom. The maximum absolute atomic E-state index is 12.9. The number of amides is 2. The van der Waals surface area contributed by atoms with Gasteiger partial charge in [0.15, 0.2) is 11.5 Å². The molecule has 2 amide bonds. The highest BCUT2D eigenvalue weighted by Gasteiger charge is 2.30. The van der Waals surface area contributed by atoms with Crippen molar-refractivity contribution in [2.75, 3.05) is 14.1 Å². The number of carbonyl (C=O) groups excluding carboxylic acids is 3. The third-order valence-electron chi connectivity index (χ3n) is 4.90. The number of benzene rings is 1. The molecule has 0 radical (unpaired) electrons. The second-order valence-electron chi connectivity index (χ2n) is 7.06. The van der Waals surface area contributed by atoms with Crippen molar-refractivity contribution in [3.05, 3.63) is 58.5 Å². The van der Waals surface area contributed by atoms with Crippen molar-refractivity contribution in [1.82, 2.24) is 10.2 Å². The van der Waals surface area contributed by atoms with Gasteiger partial charge in [0.2, 0.25) is 5.91 Å². The molecule has 6 heteroatoms. The van der Waals surface area contributed by atoms with Crippen molar-refractivity contribution in [2.24, 2.45) is 0 Å². The van der Waals surface area contributed by atoms with Gasteiger partial charge in [0.05, 0.1) is 18.0 Å². The Morgan fingerprint density at radius 3 is 2.52 bits per heavy atom. The molecule has 0 spiro atoms. The highest BCUT2D eigenvalue weighted by molar-refractivity contribution is 6.03. The van der Waals surface area contributed by atoms with E-state index in [0.717, 1.165) is 12.0 Å². The molecule has 6 nitrogen and oxygen atoms in total. The summed E-state index contributed by atoms with van der Waals surface area (Å²) in [6.07, 6.45) is 2.03. The first-order chi connectivity index (χ1) is 12.9. The molecule has 1 heterocycles. The highest BCUT2D eigenvalue weighted by Crippen LogP contribution is 2.30. The molecular weight excluding hydrogens is 344 g/mol. The number of fused-ring (bicyclic) bond motifs is 1. The molecule has 1 N–H and O–H groups in total. The van der Waals surface area contributed by atoms with Gasteiger partial charge < -0.3 is 14.6 Å².